The summed E-state index contributed by atoms with van der Waals surface area (Å²) >= 11 is 3.30. The quantitative estimate of drug-likeness (QED) is 0.584. The van der Waals surface area contributed by atoms with Crippen molar-refractivity contribution >= 4 is 27.7 Å². The number of carbonyl (C=O) groups is 2. The summed E-state index contributed by atoms with van der Waals surface area (Å²) < 4.78 is 27.0. The van der Waals surface area contributed by atoms with Gasteiger partial charge in [0.25, 0.3) is 0 Å². The zero-order valence-corrected chi connectivity index (χ0v) is 14.4. The fourth-order valence-corrected chi connectivity index (χ4v) is 3.10. The summed E-state index contributed by atoms with van der Waals surface area (Å²) in [6, 6.07) is 12.9. The molecule has 1 aliphatic heterocycles. The molecular weight excluding hydrogens is 379 g/mol. The molecule has 0 saturated carbocycles. The minimum atomic E-state index is -2.94. The van der Waals surface area contributed by atoms with Gasteiger partial charge in [0.15, 0.2) is 6.10 Å². The van der Waals surface area contributed by atoms with Crippen molar-refractivity contribution in [3.63, 3.8) is 0 Å². The van der Waals surface area contributed by atoms with E-state index in [1.807, 2.05) is 0 Å². The second-order valence-electron chi connectivity index (χ2n) is 5.31. The third kappa shape index (κ3) is 2.60. The van der Waals surface area contributed by atoms with Crippen LogP contribution in [0.1, 0.15) is 28.9 Å². The third-order valence-corrected chi connectivity index (χ3v) is 4.29. The molecule has 0 amide bonds. The van der Waals surface area contributed by atoms with E-state index >= 15 is 4.39 Å². The first-order valence-electron chi connectivity index (χ1n) is 7.40. The topological polar surface area (TPSA) is 52.6 Å². The number of halogens is 2. The highest BCUT2D eigenvalue weighted by atomic mass is 79.9. The van der Waals surface area contributed by atoms with E-state index in [1.54, 1.807) is 49.4 Å². The van der Waals surface area contributed by atoms with Crippen molar-refractivity contribution in [3.05, 3.63) is 64.1 Å². The van der Waals surface area contributed by atoms with Crippen molar-refractivity contribution in [2.45, 2.75) is 18.7 Å². The van der Waals surface area contributed by atoms with Crippen LogP contribution in [0.2, 0.25) is 0 Å². The normalized spacial score (nSPS) is 22.5. The van der Waals surface area contributed by atoms with E-state index in [4.69, 9.17) is 9.47 Å². The average molecular weight is 393 g/mol. The van der Waals surface area contributed by atoms with Crippen LogP contribution in [0.3, 0.4) is 0 Å². The number of ketones is 1. The smallest absolute Gasteiger partial charge is 0.356 e. The van der Waals surface area contributed by atoms with Crippen LogP contribution in [0, 0.1) is 0 Å². The predicted molar refractivity (Wildman–Crippen MR) is 88.8 cm³/mol. The molecule has 0 fully saturated rings. The van der Waals surface area contributed by atoms with Crippen LogP contribution in [0.15, 0.2) is 53.0 Å². The van der Waals surface area contributed by atoms with Gasteiger partial charge in [0.05, 0.1) is 12.2 Å². The average Bonchev–Trinajstić information content (AvgIpc) is 2.58. The summed E-state index contributed by atoms with van der Waals surface area (Å²) in [5.41, 5.74) is -2.55. The van der Waals surface area contributed by atoms with Gasteiger partial charge in [-0.2, -0.15) is 0 Å². The fraction of sp³-hybridized carbons (Fsp3) is 0.222. The Morgan fingerprint density at radius 1 is 1.29 bits per heavy atom. The monoisotopic (exact) mass is 392 g/mol. The molecule has 4 nitrogen and oxygen atoms in total. The molecule has 2 aromatic rings. The summed E-state index contributed by atoms with van der Waals surface area (Å²) in [7, 11) is 0. The summed E-state index contributed by atoms with van der Waals surface area (Å²) in [6.45, 7) is 1.52. The molecule has 0 saturated heterocycles. The van der Waals surface area contributed by atoms with Gasteiger partial charge in [0, 0.05) is 4.47 Å². The number of ether oxygens (including phenoxy) is 2. The van der Waals surface area contributed by atoms with E-state index < -0.39 is 23.5 Å². The zero-order chi connectivity index (χ0) is 17.3. The Bertz CT molecular complexity index is 807. The lowest BCUT2D eigenvalue weighted by Crippen LogP contribution is -2.53. The lowest BCUT2D eigenvalue weighted by Gasteiger charge is -2.35. The number of carbonyl (C=O) groups excluding carboxylic acids is 2. The van der Waals surface area contributed by atoms with Gasteiger partial charge < -0.3 is 9.47 Å². The first-order chi connectivity index (χ1) is 11.5. The van der Waals surface area contributed by atoms with Crippen molar-refractivity contribution in [1.82, 2.24) is 0 Å². The first kappa shape index (κ1) is 16.6. The number of esters is 1. The van der Waals surface area contributed by atoms with Crippen LogP contribution in [-0.2, 0) is 9.53 Å². The molecule has 0 spiro atoms. The predicted octanol–water partition coefficient (Wildman–Crippen LogP) is 4.04. The molecule has 0 unspecified atom stereocenters. The van der Waals surface area contributed by atoms with Gasteiger partial charge in [0.2, 0.25) is 5.78 Å². The van der Waals surface area contributed by atoms with Crippen LogP contribution in [0.25, 0.3) is 0 Å². The van der Waals surface area contributed by atoms with Crippen LogP contribution in [0.5, 0.6) is 5.75 Å². The van der Waals surface area contributed by atoms with E-state index in [0.29, 0.717) is 10.0 Å². The molecule has 24 heavy (non-hydrogen) atoms. The molecule has 2 aromatic carbocycles. The van der Waals surface area contributed by atoms with Crippen molar-refractivity contribution in [2.24, 2.45) is 0 Å². The number of rotatable bonds is 3. The second kappa shape index (κ2) is 6.36. The highest BCUT2D eigenvalue weighted by molar-refractivity contribution is 9.10. The van der Waals surface area contributed by atoms with Crippen LogP contribution in [0.4, 0.5) is 4.39 Å². The molecule has 0 radical (unpaired) electrons. The van der Waals surface area contributed by atoms with E-state index in [-0.39, 0.29) is 17.9 Å². The molecular formula is C18H14BrFO4. The Kier molecular flexibility index (Phi) is 4.41. The summed E-state index contributed by atoms with van der Waals surface area (Å²) in [6.07, 6.45) is -1.42. The van der Waals surface area contributed by atoms with Gasteiger partial charge in [-0.1, -0.05) is 40.2 Å². The van der Waals surface area contributed by atoms with Gasteiger partial charge in [-0.05, 0) is 36.8 Å². The number of benzene rings is 2. The maximum absolute atomic E-state index is 15.7. The Morgan fingerprint density at radius 3 is 2.75 bits per heavy atom. The molecule has 0 aromatic heterocycles. The van der Waals surface area contributed by atoms with E-state index in [2.05, 4.69) is 15.9 Å². The van der Waals surface area contributed by atoms with Crippen molar-refractivity contribution in [2.75, 3.05) is 6.61 Å². The number of fused-ring (bicyclic) bond motifs is 1. The molecule has 2 atom stereocenters. The van der Waals surface area contributed by atoms with Crippen molar-refractivity contribution in [1.29, 1.82) is 0 Å². The van der Waals surface area contributed by atoms with E-state index in [1.165, 1.54) is 6.07 Å². The second-order valence-corrected chi connectivity index (χ2v) is 6.23. The number of hydrogen-bond donors (Lipinski definition) is 0. The number of para-hydroxylation sites is 1. The number of hydrogen-bond acceptors (Lipinski definition) is 4. The van der Waals surface area contributed by atoms with E-state index in [9.17, 15) is 9.59 Å². The molecule has 3 rings (SSSR count). The number of alkyl halides is 1. The fourth-order valence-electron chi connectivity index (χ4n) is 2.68. The SMILES string of the molecule is CCOC(=O)[C@]1(F)C(=O)c2ccccc2O[C@@H]1c1cccc(Br)c1. The standard InChI is InChI=1S/C18H14BrFO4/c1-2-23-17(22)18(20)15(21)13-8-3-4-9-14(13)24-16(18)11-6-5-7-12(19)10-11/h3-10,16H,2H2,1H3/t16-,18+/m1/s1. The van der Waals surface area contributed by atoms with Gasteiger partial charge in [-0.3, -0.25) is 4.79 Å². The minimum Gasteiger partial charge on any atom is -0.480 e. The molecule has 0 bridgehead atoms. The lowest BCUT2D eigenvalue weighted by molar-refractivity contribution is -0.160. The van der Waals surface area contributed by atoms with Crippen molar-refractivity contribution < 1.29 is 23.5 Å². The van der Waals surface area contributed by atoms with Crippen molar-refractivity contribution in [3.8, 4) is 5.75 Å². The molecule has 6 heteroatoms. The van der Waals surface area contributed by atoms with Gasteiger partial charge in [-0.15, -0.1) is 0 Å². The van der Waals surface area contributed by atoms with Crippen LogP contribution < -0.4 is 4.74 Å². The maximum Gasteiger partial charge on any atom is 0.356 e. The summed E-state index contributed by atoms with van der Waals surface area (Å²) in [4.78, 5) is 25.1. The van der Waals surface area contributed by atoms with Crippen LogP contribution in [-0.4, -0.2) is 24.0 Å². The Morgan fingerprint density at radius 2 is 2.04 bits per heavy atom. The zero-order valence-electron chi connectivity index (χ0n) is 12.8. The summed E-state index contributed by atoms with van der Waals surface area (Å²) in [5, 5.41) is 0. The molecule has 124 valence electrons. The largest absolute Gasteiger partial charge is 0.480 e. The third-order valence-electron chi connectivity index (χ3n) is 3.79. The first-order valence-corrected chi connectivity index (χ1v) is 8.20. The van der Waals surface area contributed by atoms with Gasteiger partial charge >= 0.3 is 11.6 Å². The highest BCUT2D eigenvalue weighted by Gasteiger charge is 2.60. The molecule has 1 heterocycles. The molecule has 1 aliphatic rings. The Hall–Kier alpha value is -2.21. The number of Topliss-reactive ketones (excluding diaryl/α,β-unsaturated/α-hetero) is 1. The highest BCUT2D eigenvalue weighted by Crippen LogP contribution is 2.44. The Balaban J connectivity index is 2.17. The van der Waals surface area contributed by atoms with E-state index in [0.717, 1.165) is 0 Å². The molecule has 0 N–H and O–H groups in total. The van der Waals surface area contributed by atoms with Crippen LogP contribution >= 0.6 is 15.9 Å². The van der Waals surface area contributed by atoms with Gasteiger partial charge in [-0.25, -0.2) is 9.18 Å². The molecule has 0 aliphatic carbocycles. The van der Waals surface area contributed by atoms with Gasteiger partial charge in [0.1, 0.15) is 5.75 Å². The lowest BCUT2D eigenvalue weighted by atomic mass is 9.83. The maximum atomic E-state index is 15.7. The summed E-state index contributed by atoms with van der Waals surface area (Å²) in [5.74, 6) is -1.95. The Labute approximate surface area is 146 Å². The minimum absolute atomic E-state index is 0.0271.